The molecule has 0 spiro atoms. The molecule has 43 heavy (non-hydrogen) atoms. The van der Waals surface area contributed by atoms with Crippen molar-refractivity contribution in [3.63, 3.8) is 0 Å². The number of aliphatic hydroxyl groups is 1. The van der Waals surface area contributed by atoms with Crippen molar-refractivity contribution in [2.75, 3.05) is 25.1 Å². The number of anilines is 1. The Bertz CT molecular complexity index is 1670. The van der Waals surface area contributed by atoms with Crippen LogP contribution in [0.4, 0.5) is 23.4 Å². The minimum absolute atomic E-state index is 0.00770. The van der Waals surface area contributed by atoms with Gasteiger partial charge in [-0.3, -0.25) is 14.3 Å². The number of ether oxygens (including phenoxy) is 2. The third-order valence-electron chi connectivity index (χ3n) is 6.70. The molecule has 3 heterocycles. The fourth-order valence-electron chi connectivity index (χ4n) is 4.72. The second kappa shape index (κ2) is 12.3. The van der Waals surface area contributed by atoms with Crippen molar-refractivity contribution in [3.8, 4) is 28.6 Å². The first-order valence-electron chi connectivity index (χ1n) is 13.1. The maximum atomic E-state index is 14.7. The average Bonchev–Trinajstić information content (AvgIpc) is 3.15. The maximum absolute atomic E-state index is 14.7. The largest absolute Gasteiger partial charge is 0.497 e. The van der Waals surface area contributed by atoms with E-state index in [1.165, 1.54) is 38.8 Å². The van der Waals surface area contributed by atoms with Crippen LogP contribution < -0.4 is 19.9 Å². The molecule has 228 valence electrons. The van der Waals surface area contributed by atoms with Crippen LogP contribution in [-0.4, -0.2) is 57.9 Å². The zero-order valence-corrected chi connectivity index (χ0v) is 24.1. The molecule has 0 amide bonds. The van der Waals surface area contributed by atoms with Gasteiger partial charge >= 0.3 is 0 Å². The van der Waals surface area contributed by atoms with Gasteiger partial charge in [-0.25, -0.2) is 22.5 Å². The van der Waals surface area contributed by atoms with Gasteiger partial charge in [0.2, 0.25) is 6.36 Å². The Kier molecular flexibility index (Phi) is 8.95. The summed E-state index contributed by atoms with van der Waals surface area (Å²) in [5, 5.41) is 9.95. The average molecular weight is 603 g/mol. The van der Waals surface area contributed by atoms with Gasteiger partial charge in [0.15, 0.2) is 11.6 Å². The molecular formula is C30H30F4N4O5. The number of aldehydes is 1. The molecule has 2 aromatic heterocycles. The molecule has 9 nitrogen and oxygen atoms in total. The molecule has 1 fully saturated rings. The summed E-state index contributed by atoms with van der Waals surface area (Å²) in [6, 6.07) is 10.9. The number of halogens is 4. The van der Waals surface area contributed by atoms with Crippen molar-refractivity contribution >= 4 is 12.1 Å². The first-order valence-corrected chi connectivity index (χ1v) is 13.1. The molecule has 1 aliphatic rings. The van der Waals surface area contributed by atoms with Gasteiger partial charge in [-0.05, 0) is 50.2 Å². The van der Waals surface area contributed by atoms with E-state index in [1.54, 1.807) is 36.1 Å². The summed E-state index contributed by atoms with van der Waals surface area (Å²) in [6.45, 7) is 4.99. The van der Waals surface area contributed by atoms with E-state index in [9.17, 15) is 32.3 Å². The lowest BCUT2D eigenvalue weighted by Gasteiger charge is -2.45. The SMILES string of the molecule is CC(F)Oc1ccc(C=O)cc1.COc1cc(F)c(-c2c(C)c(=O)n(-c3nc(N4CC(C)(O)C4)ccc3F)n2C)c(F)c1. The molecule has 2 aromatic carbocycles. The third-order valence-corrected chi connectivity index (χ3v) is 6.70. The van der Waals surface area contributed by atoms with Crippen LogP contribution in [-0.2, 0) is 7.05 Å². The maximum Gasteiger partial charge on any atom is 0.276 e. The molecule has 1 aliphatic heterocycles. The monoisotopic (exact) mass is 602 g/mol. The number of hydrogen-bond donors (Lipinski definition) is 1. The summed E-state index contributed by atoms with van der Waals surface area (Å²) in [7, 11) is 2.68. The standard InChI is InChI=1S/C21H21F3N4O3.C9H9FO2/c1-11-18(17-14(23)7-12(31-4)8-15(17)24)26(3)28(20(11)29)19-13(22)5-6-16(25-19)27-9-21(2,30)10-27;1-7(10)12-9-4-2-8(6-11)3-5-9/h5-8,30H,9-10H2,1-4H3;2-7H,1H3. The van der Waals surface area contributed by atoms with Crippen LogP contribution in [0.2, 0.25) is 0 Å². The lowest BCUT2D eigenvalue weighted by Crippen LogP contribution is -2.60. The summed E-state index contributed by atoms with van der Waals surface area (Å²) in [4.78, 5) is 29.2. The van der Waals surface area contributed by atoms with Crippen molar-refractivity contribution in [3.05, 3.63) is 87.5 Å². The minimum atomic E-state index is -1.33. The second-order valence-electron chi connectivity index (χ2n) is 10.3. The van der Waals surface area contributed by atoms with E-state index >= 15 is 0 Å². The van der Waals surface area contributed by atoms with E-state index in [0.717, 1.165) is 29.2 Å². The lowest BCUT2D eigenvalue weighted by atomic mass is 9.97. The van der Waals surface area contributed by atoms with Gasteiger partial charge in [0.05, 0.1) is 24.0 Å². The van der Waals surface area contributed by atoms with Crippen LogP contribution in [0.25, 0.3) is 17.1 Å². The Balaban J connectivity index is 0.000000296. The molecule has 1 saturated heterocycles. The van der Waals surface area contributed by atoms with E-state index in [-0.39, 0.29) is 22.8 Å². The van der Waals surface area contributed by atoms with Crippen LogP contribution in [0.15, 0.2) is 53.3 Å². The van der Waals surface area contributed by atoms with Gasteiger partial charge in [-0.1, -0.05) is 0 Å². The number of rotatable bonds is 7. The van der Waals surface area contributed by atoms with Gasteiger partial charge < -0.3 is 19.5 Å². The number of carbonyl (C=O) groups excluding carboxylic acids is 1. The number of aromatic nitrogens is 3. The molecule has 0 saturated carbocycles. The second-order valence-corrected chi connectivity index (χ2v) is 10.3. The van der Waals surface area contributed by atoms with E-state index in [4.69, 9.17) is 9.47 Å². The molecule has 0 aliphatic carbocycles. The van der Waals surface area contributed by atoms with Crippen molar-refractivity contribution < 1.29 is 36.9 Å². The van der Waals surface area contributed by atoms with E-state index < -0.39 is 40.5 Å². The summed E-state index contributed by atoms with van der Waals surface area (Å²) < 4.78 is 68.1. The van der Waals surface area contributed by atoms with Crippen LogP contribution in [0.3, 0.4) is 0 Å². The number of benzene rings is 2. The highest BCUT2D eigenvalue weighted by Gasteiger charge is 2.37. The van der Waals surface area contributed by atoms with Crippen molar-refractivity contribution in [2.45, 2.75) is 32.7 Å². The van der Waals surface area contributed by atoms with E-state index in [2.05, 4.69) is 4.98 Å². The number of hydrogen-bond acceptors (Lipinski definition) is 7. The van der Waals surface area contributed by atoms with Gasteiger partial charge in [0.1, 0.15) is 35.2 Å². The minimum Gasteiger partial charge on any atom is -0.497 e. The Labute approximate surface area is 244 Å². The lowest BCUT2D eigenvalue weighted by molar-refractivity contribution is 0.0305. The van der Waals surface area contributed by atoms with Gasteiger partial charge in [0.25, 0.3) is 5.56 Å². The van der Waals surface area contributed by atoms with Gasteiger partial charge in [-0.2, -0.15) is 4.68 Å². The predicted octanol–water partition coefficient (Wildman–Crippen LogP) is 4.74. The Hall–Kier alpha value is -4.65. The number of alkyl halides is 1. The highest BCUT2D eigenvalue weighted by atomic mass is 19.1. The van der Waals surface area contributed by atoms with Crippen molar-refractivity contribution in [1.29, 1.82) is 0 Å². The third kappa shape index (κ3) is 6.56. The quantitative estimate of drug-likeness (QED) is 0.241. The molecule has 0 radical (unpaired) electrons. The molecule has 1 atom stereocenters. The number of methoxy groups -OCH3 is 1. The van der Waals surface area contributed by atoms with Crippen LogP contribution in [0, 0.1) is 24.4 Å². The number of nitrogens with zero attached hydrogens (tertiary/aromatic N) is 4. The van der Waals surface area contributed by atoms with Crippen molar-refractivity contribution in [2.24, 2.45) is 7.05 Å². The topological polar surface area (TPSA) is 98.8 Å². The van der Waals surface area contributed by atoms with Gasteiger partial charge in [0, 0.05) is 50.3 Å². The fraction of sp³-hybridized carbons (Fsp3) is 0.300. The molecular weight excluding hydrogens is 572 g/mol. The number of pyridine rings is 1. The van der Waals surface area contributed by atoms with E-state index in [1.807, 2.05) is 0 Å². The van der Waals surface area contributed by atoms with Crippen LogP contribution in [0.5, 0.6) is 11.5 Å². The smallest absolute Gasteiger partial charge is 0.276 e. The summed E-state index contributed by atoms with van der Waals surface area (Å²) >= 11 is 0. The summed E-state index contributed by atoms with van der Waals surface area (Å²) in [6.07, 6.45) is -0.602. The fourth-order valence-corrected chi connectivity index (χ4v) is 4.72. The highest BCUT2D eigenvalue weighted by molar-refractivity contribution is 5.74. The van der Waals surface area contributed by atoms with Crippen molar-refractivity contribution in [1.82, 2.24) is 14.3 Å². The van der Waals surface area contributed by atoms with Gasteiger partial charge in [-0.15, -0.1) is 0 Å². The Morgan fingerprint density at radius 1 is 1.02 bits per heavy atom. The molecule has 13 heteroatoms. The zero-order chi connectivity index (χ0) is 31.6. The normalized spacial score (nSPS) is 14.3. The molecule has 5 rings (SSSR count). The first kappa shape index (κ1) is 31.3. The Morgan fingerprint density at radius 2 is 1.63 bits per heavy atom. The Morgan fingerprint density at radius 3 is 2.14 bits per heavy atom. The first-order chi connectivity index (χ1) is 20.3. The van der Waals surface area contributed by atoms with E-state index in [0.29, 0.717) is 30.2 Å². The molecule has 4 aromatic rings. The molecule has 0 bridgehead atoms. The number of carbonyl (C=O) groups is 1. The molecule has 1 unspecified atom stereocenters. The highest BCUT2D eigenvalue weighted by Crippen LogP contribution is 2.32. The number of β-amino-alcohol motifs (C(OH)–C–C–N with tert-alkyl or cyclic N) is 1. The zero-order valence-electron chi connectivity index (χ0n) is 24.1. The van der Waals surface area contributed by atoms with Crippen LogP contribution in [0.1, 0.15) is 29.8 Å². The summed E-state index contributed by atoms with van der Waals surface area (Å²) in [5.41, 5.74) is -1.41. The predicted molar refractivity (Wildman–Crippen MR) is 151 cm³/mol. The molecule has 1 N–H and O–H groups in total. The van der Waals surface area contributed by atoms with Crippen LogP contribution >= 0.6 is 0 Å². The summed E-state index contributed by atoms with van der Waals surface area (Å²) in [5.74, 6) is -2.13.